The van der Waals surface area contributed by atoms with Crippen molar-refractivity contribution in [3.05, 3.63) is 11.6 Å². The number of carbonyl (C=O) groups excluding carboxylic acids is 1. The van der Waals surface area contributed by atoms with E-state index in [1.54, 1.807) is 0 Å². The van der Waals surface area contributed by atoms with Crippen LogP contribution in [-0.4, -0.2) is 5.78 Å². The predicted octanol–water partition coefficient (Wildman–Crippen LogP) is 8.23. The first-order chi connectivity index (χ1) is 14.2. The molecule has 0 aromatic heterocycles. The summed E-state index contributed by atoms with van der Waals surface area (Å²) in [5.41, 5.74) is 2.41. The molecule has 8 atom stereocenters. The van der Waals surface area contributed by atoms with Crippen molar-refractivity contribution in [1.29, 1.82) is 0 Å². The Morgan fingerprint density at radius 3 is 2.50 bits per heavy atom. The second-order valence-electron chi connectivity index (χ2n) is 12.7. The molecule has 4 aliphatic rings. The first-order valence-electron chi connectivity index (χ1n) is 13.4. The number of allylic oxidation sites excluding steroid dienone is 1. The number of carbonyl (C=O) groups is 1. The van der Waals surface area contributed by atoms with E-state index >= 15 is 0 Å². The summed E-state index contributed by atoms with van der Waals surface area (Å²) in [5, 5.41) is 0. The lowest BCUT2D eigenvalue weighted by Crippen LogP contribution is -2.53. The Bertz CT molecular complexity index is 674. The van der Waals surface area contributed by atoms with Gasteiger partial charge in [-0.05, 0) is 96.9 Å². The van der Waals surface area contributed by atoms with Crippen LogP contribution >= 0.6 is 0 Å². The van der Waals surface area contributed by atoms with E-state index in [2.05, 4.69) is 47.6 Å². The van der Waals surface area contributed by atoms with Crippen LogP contribution in [0.5, 0.6) is 0 Å². The Morgan fingerprint density at radius 1 is 1.03 bits per heavy atom. The molecule has 3 fully saturated rings. The van der Waals surface area contributed by atoms with E-state index in [1.807, 2.05) is 0 Å². The molecule has 6 unspecified atom stereocenters. The molecule has 1 heteroatoms. The molecule has 0 heterocycles. The molecule has 0 saturated heterocycles. The van der Waals surface area contributed by atoms with Crippen LogP contribution in [0.25, 0.3) is 0 Å². The topological polar surface area (TPSA) is 17.1 Å². The molecule has 30 heavy (non-hydrogen) atoms. The van der Waals surface area contributed by atoms with Crippen LogP contribution in [-0.2, 0) is 4.79 Å². The summed E-state index contributed by atoms with van der Waals surface area (Å²) in [6.07, 6.45) is 16.5. The summed E-state index contributed by atoms with van der Waals surface area (Å²) in [7, 11) is 0. The number of hydrogen-bond donors (Lipinski definition) is 0. The summed E-state index contributed by atoms with van der Waals surface area (Å²) in [6, 6.07) is 0. The molecule has 0 N–H and O–H groups in total. The van der Waals surface area contributed by atoms with E-state index in [0.717, 1.165) is 54.3 Å². The van der Waals surface area contributed by atoms with Crippen molar-refractivity contribution in [2.24, 2.45) is 52.3 Å². The van der Waals surface area contributed by atoms with E-state index in [0.29, 0.717) is 16.6 Å². The third-order valence-electron chi connectivity index (χ3n) is 10.9. The number of rotatable bonds is 6. The lowest BCUT2D eigenvalue weighted by molar-refractivity contribution is -0.119. The highest BCUT2D eigenvalue weighted by molar-refractivity contribution is 5.91. The second-order valence-corrected chi connectivity index (χ2v) is 12.7. The van der Waals surface area contributed by atoms with Gasteiger partial charge in [0.05, 0.1) is 0 Å². The maximum atomic E-state index is 12.2. The zero-order valence-corrected chi connectivity index (χ0v) is 20.8. The highest BCUT2D eigenvalue weighted by Crippen LogP contribution is 2.69. The first-order valence-corrected chi connectivity index (χ1v) is 13.4. The van der Waals surface area contributed by atoms with Gasteiger partial charge in [-0.3, -0.25) is 4.79 Å². The van der Waals surface area contributed by atoms with E-state index < -0.39 is 0 Å². The summed E-state index contributed by atoms with van der Waals surface area (Å²) >= 11 is 0. The quantitative estimate of drug-likeness (QED) is 0.429. The molecular formula is C29H48O. The van der Waals surface area contributed by atoms with Crippen molar-refractivity contribution < 1.29 is 4.79 Å². The Balaban J connectivity index is 1.56. The maximum Gasteiger partial charge on any atom is 0.155 e. The van der Waals surface area contributed by atoms with Crippen LogP contribution < -0.4 is 0 Å². The fourth-order valence-electron chi connectivity index (χ4n) is 9.15. The molecule has 0 amide bonds. The van der Waals surface area contributed by atoms with Crippen molar-refractivity contribution in [2.45, 2.75) is 112 Å². The van der Waals surface area contributed by atoms with Crippen LogP contribution in [0.4, 0.5) is 0 Å². The van der Waals surface area contributed by atoms with Gasteiger partial charge in [0.15, 0.2) is 5.78 Å². The molecular weight excluding hydrogens is 364 g/mol. The van der Waals surface area contributed by atoms with Crippen LogP contribution in [0.15, 0.2) is 11.6 Å². The molecule has 1 nitrogen and oxygen atoms in total. The molecule has 4 aliphatic carbocycles. The lowest BCUT2D eigenvalue weighted by Gasteiger charge is -2.61. The van der Waals surface area contributed by atoms with Gasteiger partial charge in [-0.25, -0.2) is 0 Å². The Morgan fingerprint density at radius 2 is 1.80 bits per heavy atom. The standard InChI is InChI=1S/C29H48O/c1-7-21-17-22-18-23(30)13-15-28(22,5)26-14-16-29(6)24(11-12-25(29)27(21)26)20(4)10-8-9-19(2)3/h18-21,24-27H,7-17H2,1-6H3/t20?,21-,24?,25?,26?,27?,28?,29+/m0/s1. The van der Waals surface area contributed by atoms with Crippen molar-refractivity contribution in [3.63, 3.8) is 0 Å². The zero-order chi connectivity index (χ0) is 21.7. The van der Waals surface area contributed by atoms with E-state index in [1.165, 1.54) is 63.4 Å². The molecule has 3 saturated carbocycles. The normalized spacial score (nSPS) is 44.3. The molecule has 0 spiro atoms. The van der Waals surface area contributed by atoms with Crippen molar-refractivity contribution >= 4 is 5.78 Å². The van der Waals surface area contributed by atoms with E-state index in [9.17, 15) is 4.79 Å². The Hall–Kier alpha value is -0.590. The van der Waals surface area contributed by atoms with E-state index in [-0.39, 0.29) is 0 Å². The monoisotopic (exact) mass is 412 g/mol. The molecule has 0 aromatic carbocycles. The SMILES string of the molecule is CC[C@H]1CC2=CC(=O)CCC2(C)C2CC[C@]3(C)C(C(C)CCCC(C)C)CCC3C21. The molecule has 4 rings (SSSR count). The lowest BCUT2D eigenvalue weighted by atomic mass is 9.44. The van der Waals surface area contributed by atoms with Gasteiger partial charge in [-0.2, -0.15) is 0 Å². The van der Waals surface area contributed by atoms with Gasteiger partial charge in [0.1, 0.15) is 0 Å². The first kappa shape index (κ1) is 22.6. The minimum atomic E-state index is 0.312. The van der Waals surface area contributed by atoms with Gasteiger partial charge in [0.25, 0.3) is 0 Å². The highest BCUT2D eigenvalue weighted by Gasteiger charge is 2.61. The third-order valence-corrected chi connectivity index (χ3v) is 10.9. The van der Waals surface area contributed by atoms with Gasteiger partial charge in [-0.15, -0.1) is 0 Å². The summed E-state index contributed by atoms with van der Waals surface area (Å²) in [6.45, 7) is 15.0. The third kappa shape index (κ3) is 3.65. The molecule has 0 radical (unpaired) electrons. The van der Waals surface area contributed by atoms with Crippen molar-refractivity contribution in [3.8, 4) is 0 Å². The minimum Gasteiger partial charge on any atom is -0.295 e. The van der Waals surface area contributed by atoms with Crippen LogP contribution in [0.2, 0.25) is 0 Å². The summed E-state index contributed by atoms with van der Waals surface area (Å²) < 4.78 is 0. The smallest absolute Gasteiger partial charge is 0.155 e. The highest BCUT2D eigenvalue weighted by atomic mass is 16.1. The molecule has 0 aliphatic heterocycles. The average molecular weight is 413 g/mol. The number of ketones is 1. The number of hydrogen-bond acceptors (Lipinski definition) is 1. The average Bonchev–Trinajstić information content (AvgIpc) is 3.05. The summed E-state index contributed by atoms with van der Waals surface area (Å²) in [5.74, 6) is 6.52. The molecule has 0 aromatic rings. The van der Waals surface area contributed by atoms with Gasteiger partial charge in [-0.1, -0.05) is 72.8 Å². The van der Waals surface area contributed by atoms with Crippen LogP contribution in [0.3, 0.4) is 0 Å². The van der Waals surface area contributed by atoms with Crippen molar-refractivity contribution in [2.75, 3.05) is 0 Å². The second kappa shape index (κ2) is 8.40. The van der Waals surface area contributed by atoms with E-state index in [4.69, 9.17) is 0 Å². The fourth-order valence-corrected chi connectivity index (χ4v) is 9.15. The van der Waals surface area contributed by atoms with Gasteiger partial charge < -0.3 is 0 Å². The maximum absolute atomic E-state index is 12.2. The Labute approximate surface area is 186 Å². The fraction of sp³-hybridized carbons (Fsp3) is 0.897. The van der Waals surface area contributed by atoms with Gasteiger partial charge in [0, 0.05) is 6.42 Å². The van der Waals surface area contributed by atoms with Gasteiger partial charge in [0.2, 0.25) is 0 Å². The Kier molecular flexibility index (Phi) is 6.33. The predicted molar refractivity (Wildman–Crippen MR) is 127 cm³/mol. The number of fused-ring (bicyclic) bond motifs is 5. The van der Waals surface area contributed by atoms with Gasteiger partial charge >= 0.3 is 0 Å². The summed E-state index contributed by atoms with van der Waals surface area (Å²) in [4.78, 5) is 12.2. The minimum absolute atomic E-state index is 0.312. The zero-order valence-electron chi connectivity index (χ0n) is 20.8. The van der Waals surface area contributed by atoms with Crippen molar-refractivity contribution in [1.82, 2.24) is 0 Å². The molecule has 170 valence electrons. The molecule has 0 bridgehead atoms. The largest absolute Gasteiger partial charge is 0.295 e. The van der Waals surface area contributed by atoms with Crippen LogP contribution in [0, 0.1) is 52.3 Å². The van der Waals surface area contributed by atoms with Crippen LogP contribution in [0.1, 0.15) is 112 Å².